The third-order valence-corrected chi connectivity index (χ3v) is 3.08. The first-order valence-electron chi connectivity index (χ1n) is 7.14. The molecule has 19 heavy (non-hydrogen) atoms. The molecule has 0 N–H and O–H groups in total. The lowest BCUT2D eigenvalue weighted by atomic mass is 10.0. The Hall–Kier alpha value is -1.19. The number of esters is 1. The van der Waals surface area contributed by atoms with Gasteiger partial charge in [0.2, 0.25) is 6.29 Å². The van der Waals surface area contributed by atoms with Crippen LogP contribution in [0.15, 0.2) is 0 Å². The molecule has 0 aliphatic carbocycles. The lowest BCUT2D eigenvalue weighted by molar-refractivity contribution is -0.140. The fourth-order valence-electron chi connectivity index (χ4n) is 1.92. The highest BCUT2D eigenvalue weighted by molar-refractivity contribution is 5.89. The van der Waals surface area contributed by atoms with Crippen LogP contribution in [0.25, 0.3) is 0 Å². The van der Waals surface area contributed by atoms with Crippen molar-refractivity contribution in [3.05, 3.63) is 0 Å². The van der Waals surface area contributed by atoms with E-state index < -0.39 is 0 Å². The highest BCUT2D eigenvalue weighted by atomic mass is 16.5. The summed E-state index contributed by atoms with van der Waals surface area (Å²) in [4.78, 5) is 31.8. The van der Waals surface area contributed by atoms with Crippen LogP contribution in [-0.2, 0) is 19.1 Å². The number of Topliss-reactive ketones (excluding diaryl/α,β-unsaturated/α-hetero) is 1. The Balaban J connectivity index is 3.13. The first-order valence-corrected chi connectivity index (χ1v) is 7.14. The normalized spacial score (nSPS) is 10.2. The predicted molar refractivity (Wildman–Crippen MR) is 73.5 cm³/mol. The van der Waals surface area contributed by atoms with Gasteiger partial charge in [0.05, 0.1) is 13.5 Å². The minimum atomic E-state index is -0.128. The maximum absolute atomic E-state index is 11.0. The number of rotatable bonds is 13. The van der Waals surface area contributed by atoms with Crippen molar-refractivity contribution < 1.29 is 19.1 Å². The molecule has 1 radical (unpaired) electrons. The van der Waals surface area contributed by atoms with Gasteiger partial charge < -0.3 is 4.74 Å². The molecule has 0 aromatic carbocycles. The summed E-state index contributed by atoms with van der Waals surface area (Å²) in [6.07, 6.45) is 11.1. The molecular formula is C15H25O4. The zero-order valence-electron chi connectivity index (χ0n) is 11.9. The molecule has 0 fully saturated rings. The van der Waals surface area contributed by atoms with Gasteiger partial charge in [-0.2, -0.15) is 0 Å². The van der Waals surface area contributed by atoms with E-state index in [9.17, 15) is 14.4 Å². The van der Waals surface area contributed by atoms with Crippen LogP contribution >= 0.6 is 0 Å². The Labute approximate surface area is 115 Å². The molecule has 0 atom stereocenters. The third kappa shape index (κ3) is 13.0. The van der Waals surface area contributed by atoms with E-state index in [1.807, 2.05) is 0 Å². The van der Waals surface area contributed by atoms with Crippen molar-refractivity contribution in [2.45, 2.75) is 70.6 Å². The van der Waals surface area contributed by atoms with Crippen LogP contribution < -0.4 is 0 Å². The number of methoxy groups -OCH3 is 1. The summed E-state index contributed by atoms with van der Waals surface area (Å²) in [5.74, 6) is -0.130. The molecular weight excluding hydrogens is 244 g/mol. The average Bonchev–Trinajstić information content (AvgIpc) is 2.40. The first-order chi connectivity index (χ1) is 9.20. The SMILES string of the molecule is COC(=O)CCCCCCCCCCC(=O)C[C]=O. The summed E-state index contributed by atoms with van der Waals surface area (Å²) < 4.78 is 4.57. The van der Waals surface area contributed by atoms with Crippen molar-refractivity contribution in [1.82, 2.24) is 0 Å². The molecule has 0 aliphatic heterocycles. The Morgan fingerprint density at radius 1 is 0.842 bits per heavy atom. The Bertz CT molecular complexity index is 261. The molecule has 0 aromatic rings. The van der Waals surface area contributed by atoms with Crippen molar-refractivity contribution in [3.63, 3.8) is 0 Å². The van der Waals surface area contributed by atoms with Gasteiger partial charge >= 0.3 is 5.97 Å². The van der Waals surface area contributed by atoms with Crippen LogP contribution in [-0.4, -0.2) is 25.1 Å². The zero-order valence-corrected chi connectivity index (χ0v) is 11.9. The zero-order chi connectivity index (χ0) is 14.3. The van der Waals surface area contributed by atoms with E-state index >= 15 is 0 Å². The summed E-state index contributed by atoms with van der Waals surface area (Å²) >= 11 is 0. The Kier molecular flexibility index (Phi) is 12.4. The summed E-state index contributed by atoms with van der Waals surface area (Å²) in [6, 6.07) is 0. The van der Waals surface area contributed by atoms with Gasteiger partial charge in [0, 0.05) is 12.8 Å². The topological polar surface area (TPSA) is 60.4 Å². The minimum Gasteiger partial charge on any atom is -0.469 e. The van der Waals surface area contributed by atoms with E-state index in [0.29, 0.717) is 12.8 Å². The van der Waals surface area contributed by atoms with Crippen LogP contribution in [0.1, 0.15) is 70.6 Å². The fraction of sp³-hybridized carbons (Fsp3) is 0.800. The molecule has 4 nitrogen and oxygen atoms in total. The van der Waals surface area contributed by atoms with Crippen molar-refractivity contribution in [2.75, 3.05) is 7.11 Å². The molecule has 0 saturated carbocycles. The van der Waals surface area contributed by atoms with Gasteiger partial charge in [0.15, 0.2) is 0 Å². The first kappa shape index (κ1) is 17.8. The van der Waals surface area contributed by atoms with Gasteiger partial charge in [0.25, 0.3) is 0 Å². The quantitative estimate of drug-likeness (QED) is 0.293. The largest absolute Gasteiger partial charge is 0.469 e. The highest BCUT2D eigenvalue weighted by Crippen LogP contribution is 2.11. The summed E-state index contributed by atoms with van der Waals surface area (Å²) in [5.41, 5.74) is 0. The smallest absolute Gasteiger partial charge is 0.305 e. The number of carbonyl (C=O) groups excluding carboxylic acids is 3. The number of ether oxygens (including phenoxy) is 1. The van der Waals surface area contributed by atoms with Crippen LogP contribution in [0, 0.1) is 0 Å². The number of ketones is 1. The number of hydrogen-bond acceptors (Lipinski definition) is 4. The molecule has 0 rings (SSSR count). The van der Waals surface area contributed by atoms with Gasteiger partial charge in [-0.25, -0.2) is 0 Å². The summed E-state index contributed by atoms with van der Waals surface area (Å²) in [6.45, 7) is 0. The molecule has 0 unspecified atom stereocenters. The van der Waals surface area contributed by atoms with Crippen LogP contribution in [0.3, 0.4) is 0 Å². The third-order valence-electron chi connectivity index (χ3n) is 3.08. The number of unbranched alkanes of at least 4 members (excludes halogenated alkanes) is 7. The van der Waals surface area contributed by atoms with Crippen LogP contribution in [0.5, 0.6) is 0 Å². The van der Waals surface area contributed by atoms with Gasteiger partial charge in [-0.3, -0.25) is 14.4 Å². The van der Waals surface area contributed by atoms with E-state index in [1.54, 1.807) is 6.29 Å². The van der Waals surface area contributed by atoms with Crippen LogP contribution in [0.2, 0.25) is 0 Å². The van der Waals surface area contributed by atoms with E-state index in [1.165, 1.54) is 20.0 Å². The highest BCUT2D eigenvalue weighted by Gasteiger charge is 2.01. The van der Waals surface area contributed by atoms with Gasteiger partial charge in [0.1, 0.15) is 5.78 Å². The van der Waals surface area contributed by atoms with Crippen molar-refractivity contribution in [3.8, 4) is 0 Å². The lowest BCUT2D eigenvalue weighted by Crippen LogP contribution is -1.99. The van der Waals surface area contributed by atoms with Crippen LogP contribution in [0.4, 0.5) is 0 Å². The van der Waals surface area contributed by atoms with Crippen molar-refractivity contribution in [2.24, 2.45) is 0 Å². The molecule has 0 saturated heterocycles. The molecule has 0 amide bonds. The maximum atomic E-state index is 11.0. The van der Waals surface area contributed by atoms with Gasteiger partial charge in [-0.05, 0) is 12.8 Å². The molecule has 0 bridgehead atoms. The second-order valence-electron chi connectivity index (χ2n) is 4.76. The Morgan fingerprint density at radius 2 is 1.32 bits per heavy atom. The molecule has 0 spiro atoms. The monoisotopic (exact) mass is 269 g/mol. The second-order valence-corrected chi connectivity index (χ2v) is 4.76. The Morgan fingerprint density at radius 3 is 1.79 bits per heavy atom. The van der Waals surface area contributed by atoms with E-state index in [0.717, 1.165) is 38.5 Å². The summed E-state index contributed by atoms with van der Waals surface area (Å²) in [7, 11) is 1.42. The van der Waals surface area contributed by atoms with E-state index in [-0.39, 0.29) is 18.2 Å². The van der Waals surface area contributed by atoms with E-state index in [2.05, 4.69) is 4.74 Å². The molecule has 4 heteroatoms. The summed E-state index contributed by atoms with van der Waals surface area (Å²) in [5, 5.41) is 0. The van der Waals surface area contributed by atoms with Crippen molar-refractivity contribution in [1.29, 1.82) is 0 Å². The second kappa shape index (κ2) is 13.2. The molecule has 109 valence electrons. The molecule has 0 heterocycles. The minimum absolute atomic E-state index is 0.00203. The number of hydrogen-bond donors (Lipinski definition) is 0. The van der Waals surface area contributed by atoms with E-state index in [4.69, 9.17) is 0 Å². The standard InChI is InChI=1S/C15H25O4/c1-19-15(18)11-9-7-5-3-2-4-6-8-10-14(17)12-13-16/h2-12H2,1H3. The van der Waals surface area contributed by atoms with Gasteiger partial charge in [-0.1, -0.05) is 38.5 Å². The lowest BCUT2D eigenvalue weighted by Gasteiger charge is -2.02. The molecule has 0 aromatic heterocycles. The van der Waals surface area contributed by atoms with Gasteiger partial charge in [-0.15, -0.1) is 0 Å². The maximum Gasteiger partial charge on any atom is 0.305 e. The number of carbonyl (C=O) groups is 2. The molecule has 0 aliphatic rings. The fourth-order valence-corrected chi connectivity index (χ4v) is 1.92. The predicted octanol–water partition coefficient (Wildman–Crippen LogP) is 3.13. The van der Waals surface area contributed by atoms with Crippen molar-refractivity contribution >= 4 is 18.0 Å². The average molecular weight is 269 g/mol.